The molecule has 5 rings (SSSR count). The minimum Gasteiger partial charge on any atom is -0.493 e. The topological polar surface area (TPSA) is 68.2 Å². The summed E-state index contributed by atoms with van der Waals surface area (Å²) in [4.78, 5) is 15.3. The molecule has 0 radical (unpaired) electrons. The van der Waals surface area contributed by atoms with Gasteiger partial charge in [0.05, 0.1) is 20.3 Å². The fraction of sp³-hybridized carbons (Fsp3) is 0.276. The summed E-state index contributed by atoms with van der Waals surface area (Å²) in [7, 11) is 3.22. The maximum Gasteiger partial charge on any atom is 0.320 e. The Hall–Kier alpha value is -3.55. The first-order chi connectivity index (χ1) is 17.6. The van der Waals surface area contributed by atoms with Crippen molar-refractivity contribution in [2.45, 2.75) is 31.5 Å². The summed E-state index contributed by atoms with van der Waals surface area (Å²) in [6.07, 6.45) is 1.47. The molecule has 2 heterocycles. The number of rotatable bonds is 9. The summed E-state index contributed by atoms with van der Waals surface area (Å²) in [6.45, 7) is 1.08. The van der Waals surface area contributed by atoms with Crippen LogP contribution in [0.2, 0.25) is 0 Å². The molecule has 1 N–H and O–H groups in total. The van der Waals surface area contributed by atoms with E-state index < -0.39 is 12.0 Å². The third kappa shape index (κ3) is 4.76. The lowest BCUT2D eigenvalue weighted by molar-refractivity contribution is -0.142. The van der Waals surface area contributed by atoms with Crippen molar-refractivity contribution in [2.75, 3.05) is 20.8 Å². The van der Waals surface area contributed by atoms with Crippen molar-refractivity contribution < 1.29 is 24.1 Å². The number of aliphatic carboxylic acids is 1. The van der Waals surface area contributed by atoms with Gasteiger partial charge in [0.2, 0.25) is 5.75 Å². The molecule has 4 aromatic rings. The number of likely N-dealkylation sites (tertiary alicyclic amines) is 1. The Morgan fingerprint density at radius 2 is 1.72 bits per heavy atom. The monoisotopic (exact) mass is 503 g/mol. The Morgan fingerprint density at radius 1 is 1.03 bits per heavy atom. The molecular formula is C29H29NO5S. The summed E-state index contributed by atoms with van der Waals surface area (Å²) in [6, 6.07) is 23.4. The molecule has 1 aliphatic rings. The zero-order valence-corrected chi connectivity index (χ0v) is 21.2. The fourth-order valence-corrected chi connectivity index (χ4v) is 6.16. The Bertz CT molecular complexity index is 1290. The maximum atomic E-state index is 12.2. The van der Waals surface area contributed by atoms with Gasteiger partial charge in [-0.05, 0) is 53.6 Å². The average molecular weight is 504 g/mol. The highest BCUT2D eigenvalue weighted by Crippen LogP contribution is 2.46. The third-order valence-electron chi connectivity index (χ3n) is 6.65. The van der Waals surface area contributed by atoms with Crippen molar-refractivity contribution >= 4 is 27.4 Å². The van der Waals surface area contributed by atoms with Gasteiger partial charge in [-0.1, -0.05) is 48.5 Å². The maximum absolute atomic E-state index is 12.2. The number of carbonyl (C=O) groups is 1. The molecule has 36 heavy (non-hydrogen) atoms. The van der Waals surface area contributed by atoms with Crippen LogP contribution >= 0.6 is 11.3 Å². The molecule has 2 atom stereocenters. The van der Waals surface area contributed by atoms with E-state index in [1.807, 2.05) is 54.6 Å². The van der Waals surface area contributed by atoms with E-state index >= 15 is 0 Å². The van der Waals surface area contributed by atoms with Gasteiger partial charge >= 0.3 is 5.97 Å². The number of hydrogen-bond acceptors (Lipinski definition) is 6. The minimum atomic E-state index is -0.791. The number of ether oxygens (including phenoxy) is 3. The van der Waals surface area contributed by atoms with Crippen molar-refractivity contribution in [3.05, 3.63) is 88.8 Å². The van der Waals surface area contributed by atoms with Gasteiger partial charge in [0.1, 0.15) is 12.6 Å². The number of hydrogen-bond donors (Lipinski definition) is 1. The largest absolute Gasteiger partial charge is 0.493 e. The molecule has 0 spiro atoms. The first-order valence-electron chi connectivity index (χ1n) is 12.0. The van der Waals surface area contributed by atoms with E-state index in [0.717, 1.165) is 27.8 Å². The van der Waals surface area contributed by atoms with Crippen molar-refractivity contribution in [1.29, 1.82) is 0 Å². The van der Waals surface area contributed by atoms with Gasteiger partial charge < -0.3 is 19.3 Å². The number of carboxylic acid groups (broad SMARTS) is 1. The average Bonchev–Trinajstić information content (AvgIpc) is 3.55. The van der Waals surface area contributed by atoms with Gasteiger partial charge in [-0.2, -0.15) is 0 Å². The van der Waals surface area contributed by atoms with E-state index in [1.54, 1.807) is 25.6 Å². The lowest BCUT2D eigenvalue weighted by atomic mass is 10.0. The molecule has 7 heteroatoms. The molecule has 3 aromatic carbocycles. The Labute approximate surface area is 214 Å². The number of nitrogens with zero attached hydrogens (tertiary/aromatic N) is 1. The quantitative estimate of drug-likeness (QED) is 0.296. The predicted molar refractivity (Wildman–Crippen MR) is 141 cm³/mol. The molecule has 0 bridgehead atoms. The highest BCUT2D eigenvalue weighted by Gasteiger charge is 2.38. The Balaban J connectivity index is 1.59. The number of fused-ring (bicyclic) bond motifs is 1. The summed E-state index contributed by atoms with van der Waals surface area (Å²) in [5.41, 5.74) is 1.95. The van der Waals surface area contributed by atoms with Crippen molar-refractivity contribution in [3.63, 3.8) is 0 Å². The molecule has 2 unspecified atom stereocenters. The van der Waals surface area contributed by atoms with Crippen LogP contribution in [0.1, 0.15) is 34.9 Å². The zero-order valence-electron chi connectivity index (χ0n) is 20.3. The first kappa shape index (κ1) is 24.2. The SMILES string of the molecule is COc1cc(C(c2cc3ccccc3s2)N2CCCC2C(=O)O)cc(OC)c1OCc1ccccc1. The molecular weight excluding hydrogens is 474 g/mol. The van der Waals surface area contributed by atoms with Crippen LogP contribution in [0.3, 0.4) is 0 Å². The summed E-state index contributed by atoms with van der Waals surface area (Å²) in [5, 5.41) is 11.1. The molecule has 1 aromatic heterocycles. The smallest absolute Gasteiger partial charge is 0.320 e. The number of carboxylic acids is 1. The standard InChI is InChI=1S/C29H29NO5S/c1-33-23-15-21(16-24(34-2)28(23)35-18-19-9-4-3-5-10-19)27(30-14-8-12-22(30)29(31)32)26-17-20-11-6-7-13-25(20)36-26/h3-7,9-11,13,15-17,22,27H,8,12,14,18H2,1-2H3,(H,31,32). The zero-order chi connectivity index (χ0) is 25.1. The fourth-order valence-electron chi connectivity index (χ4n) is 4.95. The van der Waals surface area contributed by atoms with E-state index in [4.69, 9.17) is 14.2 Å². The Morgan fingerprint density at radius 3 is 2.39 bits per heavy atom. The van der Waals surface area contributed by atoms with E-state index in [2.05, 4.69) is 23.1 Å². The van der Waals surface area contributed by atoms with Gasteiger partial charge in [-0.25, -0.2) is 0 Å². The van der Waals surface area contributed by atoms with E-state index in [0.29, 0.717) is 36.8 Å². The number of thiophene rings is 1. The molecule has 186 valence electrons. The molecule has 1 fully saturated rings. The van der Waals surface area contributed by atoms with Crippen LogP contribution in [0, 0.1) is 0 Å². The second kappa shape index (κ2) is 10.6. The van der Waals surface area contributed by atoms with Crippen molar-refractivity contribution in [2.24, 2.45) is 0 Å². The van der Waals surface area contributed by atoms with E-state index in [9.17, 15) is 9.90 Å². The summed E-state index contributed by atoms with van der Waals surface area (Å²) in [5.74, 6) is 0.842. The minimum absolute atomic E-state index is 0.253. The molecule has 1 aliphatic heterocycles. The van der Waals surface area contributed by atoms with Crippen LogP contribution in [-0.2, 0) is 11.4 Å². The van der Waals surface area contributed by atoms with E-state index in [1.165, 1.54) is 4.70 Å². The summed E-state index contributed by atoms with van der Waals surface area (Å²) >= 11 is 1.69. The second-order valence-corrected chi connectivity index (χ2v) is 9.97. The van der Waals surface area contributed by atoms with Crippen LogP contribution in [0.4, 0.5) is 0 Å². The molecule has 1 saturated heterocycles. The van der Waals surface area contributed by atoms with Crippen LogP contribution in [0.15, 0.2) is 72.8 Å². The molecule has 6 nitrogen and oxygen atoms in total. The van der Waals surface area contributed by atoms with Crippen molar-refractivity contribution in [3.8, 4) is 17.2 Å². The normalized spacial score (nSPS) is 16.7. The predicted octanol–water partition coefficient (Wildman–Crippen LogP) is 6.14. The first-order valence-corrected chi connectivity index (χ1v) is 12.8. The highest BCUT2D eigenvalue weighted by molar-refractivity contribution is 7.19. The van der Waals surface area contributed by atoms with Crippen LogP contribution in [-0.4, -0.2) is 42.8 Å². The molecule has 0 aliphatic carbocycles. The number of benzene rings is 3. The van der Waals surface area contributed by atoms with Gasteiger partial charge in [-0.3, -0.25) is 9.69 Å². The Kier molecular flexibility index (Phi) is 7.11. The lowest BCUT2D eigenvalue weighted by Gasteiger charge is -2.31. The van der Waals surface area contributed by atoms with Crippen molar-refractivity contribution in [1.82, 2.24) is 4.90 Å². The van der Waals surface area contributed by atoms with Crippen LogP contribution in [0.25, 0.3) is 10.1 Å². The lowest BCUT2D eigenvalue weighted by Crippen LogP contribution is -2.39. The highest BCUT2D eigenvalue weighted by atomic mass is 32.1. The second-order valence-electron chi connectivity index (χ2n) is 8.85. The van der Waals surface area contributed by atoms with Gasteiger partial charge in [0, 0.05) is 16.1 Å². The van der Waals surface area contributed by atoms with Crippen LogP contribution < -0.4 is 14.2 Å². The molecule has 0 amide bonds. The third-order valence-corrected chi connectivity index (χ3v) is 7.82. The van der Waals surface area contributed by atoms with Gasteiger partial charge in [0.15, 0.2) is 11.5 Å². The van der Waals surface area contributed by atoms with Gasteiger partial charge in [-0.15, -0.1) is 11.3 Å². The summed E-state index contributed by atoms with van der Waals surface area (Å²) < 4.78 is 18.9. The van der Waals surface area contributed by atoms with Crippen LogP contribution in [0.5, 0.6) is 17.2 Å². The molecule has 0 saturated carbocycles. The number of methoxy groups -OCH3 is 2. The van der Waals surface area contributed by atoms with Gasteiger partial charge in [0.25, 0.3) is 0 Å². The van der Waals surface area contributed by atoms with E-state index in [-0.39, 0.29) is 6.04 Å².